The van der Waals surface area contributed by atoms with E-state index in [1.165, 1.54) is 0 Å². The maximum absolute atomic E-state index is 6.04. The molecule has 0 aliphatic rings. The second kappa shape index (κ2) is 7.65. The molecule has 1 heterocycles. The molecule has 1 aromatic heterocycles. The topological polar surface area (TPSA) is 41.0 Å². The summed E-state index contributed by atoms with van der Waals surface area (Å²) in [5, 5.41) is 3.90. The van der Waals surface area contributed by atoms with Gasteiger partial charge in [0.05, 0.1) is 0 Å². The summed E-state index contributed by atoms with van der Waals surface area (Å²) in [4.78, 5) is 11.1. The summed E-state index contributed by atoms with van der Waals surface area (Å²) in [7, 11) is 0. The molecule has 0 aromatic carbocycles. The average molecular weight is 285 g/mol. The first-order valence-electron chi connectivity index (χ1n) is 6.99. The van der Waals surface area contributed by atoms with Gasteiger partial charge in [0.1, 0.15) is 16.8 Å². The van der Waals surface area contributed by atoms with E-state index in [9.17, 15) is 0 Å². The molecular weight excluding hydrogens is 260 g/mol. The molecule has 0 amide bonds. The number of rotatable bonds is 7. The van der Waals surface area contributed by atoms with Crippen LogP contribution in [0.4, 0.5) is 5.82 Å². The minimum atomic E-state index is 0.275. The highest BCUT2D eigenvalue weighted by Gasteiger charge is 2.11. The van der Waals surface area contributed by atoms with Crippen LogP contribution in [0, 0.1) is 0 Å². The summed E-state index contributed by atoms with van der Waals surface area (Å²) < 4.78 is 0. The predicted octanol–water partition coefficient (Wildman–Crippen LogP) is 3.40. The highest BCUT2D eigenvalue weighted by molar-refractivity contribution is 6.29. The normalized spacial score (nSPS) is 13.1. The number of aromatic nitrogens is 2. The molecule has 1 aromatic rings. The Bertz CT molecular complexity index is 391. The Morgan fingerprint density at radius 3 is 2.37 bits per heavy atom. The third-order valence-corrected chi connectivity index (χ3v) is 3.24. The Kier molecular flexibility index (Phi) is 6.52. The van der Waals surface area contributed by atoms with Crippen molar-refractivity contribution in [3.63, 3.8) is 0 Å². The van der Waals surface area contributed by atoms with Crippen LogP contribution < -0.4 is 5.32 Å². The quantitative estimate of drug-likeness (QED) is 0.779. The number of likely N-dealkylation sites (N-methyl/N-ethyl adjacent to an activating group) is 1. The second-order valence-corrected chi connectivity index (χ2v) is 5.51. The van der Waals surface area contributed by atoms with E-state index in [1.54, 1.807) is 6.07 Å². The van der Waals surface area contributed by atoms with Crippen molar-refractivity contribution in [2.45, 2.75) is 46.6 Å². The first kappa shape index (κ1) is 16.2. The lowest BCUT2D eigenvalue weighted by molar-refractivity contribution is 0.294. The largest absolute Gasteiger partial charge is 0.366 e. The summed E-state index contributed by atoms with van der Waals surface area (Å²) in [6.07, 6.45) is 0. The molecule has 1 N–H and O–H groups in total. The van der Waals surface area contributed by atoms with Crippen molar-refractivity contribution >= 4 is 17.4 Å². The Balaban J connectivity index is 2.70. The van der Waals surface area contributed by atoms with Crippen LogP contribution >= 0.6 is 11.6 Å². The molecule has 0 radical (unpaired) electrons. The van der Waals surface area contributed by atoms with Crippen molar-refractivity contribution in [3.8, 4) is 0 Å². The number of nitrogens with one attached hydrogen (secondary N) is 1. The van der Waals surface area contributed by atoms with E-state index in [-0.39, 0.29) is 5.92 Å². The number of hydrogen-bond acceptors (Lipinski definition) is 4. The molecule has 4 nitrogen and oxygen atoms in total. The van der Waals surface area contributed by atoms with Crippen molar-refractivity contribution in [2.24, 2.45) is 0 Å². The lowest BCUT2D eigenvalue weighted by atomic mass is 10.2. The van der Waals surface area contributed by atoms with Gasteiger partial charge in [0.15, 0.2) is 0 Å². The number of nitrogens with zero attached hydrogens (tertiary/aromatic N) is 3. The summed E-state index contributed by atoms with van der Waals surface area (Å²) in [6.45, 7) is 13.7. The van der Waals surface area contributed by atoms with Crippen LogP contribution in [-0.2, 0) is 0 Å². The van der Waals surface area contributed by atoms with Crippen LogP contribution in [0.25, 0.3) is 0 Å². The maximum atomic E-state index is 6.04. The smallest absolute Gasteiger partial charge is 0.135 e. The standard InChI is InChI=1S/C14H25ClN4/c1-6-19(7-2)9-11(5)16-13-8-12(15)17-14(18-13)10(3)4/h8,10-11H,6-7,9H2,1-5H3,(H,16,17,18). The molecule has 0 aliphatic carbocycles. The molecular formula is C14H25ClN4. The third-order valence-electron chi connectivity index (χ3n) is 3.05. The molecule has 0 fully saturated rings. The van der Waals surface area contributed by atoms with Crippen molar-refractivity contribution < 1.29 is 0 Å². The fourth-order valence-corrected chi connectivity index (χ4v) is 2.12. The van der Waals surface area contributed by atoms with Gasteiger partial charge in [-0.25, -0.2) is 9.97 Å². The SMILES string of the molecule is CCN(CC)CC(C)Nc1cc(Cl)nc(C(C)C)n1. The van der Waals surface area contributed by atoms with Gasteiger partial charge >= 0.3 is 0 Å². The van der Waals surface area contributed by atoms with Gasteiger partial charge in [-0.3, -0.25) is 0 Å². The van der Waals surface area contributed by atoms with Gasteiger partial charge in [0.25, 0.3) is 0 Å². The lowest BCUT2D eigenvalue weighted by Gasteiger charge is -2.24. The molecule has 0 aliphatic heterocycles. The summed E-state index contributed by atoms with van der Waals surface area (Å²) in [5.74, 6) is 1.87. The zero-order valence-electron chi connectivity index (χ0n) is 12.6. The van der Waals surface area contributed by atoms with Crippen LogP contribution in [0.2, 0.25) is 5.15 Å². The van der Waals surface area contributed by atoms with Crippen LogP contribution in [0.1, 0.15) is 46.4 Å². The Morgan fingerprint density at radius 2 is 1.84 bits per heavy atom. The highest BCUT2D eigenvalue weighted by Crippen LogP contribution is 2.17. The van der Waals surface area contributed by atoms with Gasteiger partial charge in [-0.05, 0) is 20.0 Å². The fourth-order valence-electron chi connectivity index (χ4n) is 1.93. The monoisotopic (exact) mass is 284 g/mol. The van der Waals surface area contributed by atoms with E-state index in [1.807, 2.05) is 0 Å². The van der Waals surface area contributed by atoms with Gasteiger partial charge in [-0.1, -0.05) is 39.3 Å². The van der Waals surface area contributed by atoms with Crippen molar-refractivity contribution in [1.82, 2.24) is 14.9 Å². The molecule has 19 heavy (non-hydrogen) atoms. The van der Waals surface area contributed by atoms with Gasteiger partial charge in [0.2, 0.25) is 0 Å². The van der Waals surface area contributed by atoms with Crippen LogP contribution in [0.15, 0.2) is 6.07 Å². The van der Waals surface area contributed by atoms with Crippen LogP contribution in [-0.4, -0.2) is 40.5 Å². The molecule has 0 saturated carbocycles. The van der Waals surface area contributed by atoms with Gasteiger partial charge in [0, 0.05) is 24.6 Å². The maximum Gasteiger partial charge on any atom is 0.135 e. The van der Waals surface area contributed by atoms with Crippen molar-refractivity contribution in [1.29, 1.82) is 0 Å². The van der Waals surface area contributed by atoms with Crippen LogP contribution in [0.3, 0.4) is 0 Å². The minimum absolute atomic E-state index is 0.275. The molecule has 1 atom stereocenters. The molecule has 0 bridgehead atoms. The lowest BCUT2D eigenvalue weighted by Crippen LogP contribution is -2.35. The second-order valence-electron chi connectivity index (χ2n) is 5.12. The zero-order chi connectivity index (χ0) is 14.4. The molecule has 108 valence electrons. The van der Waals surface area contributed by atoms with Crippen molar-refractivity contribution in [2.75, 3.05) is 25.0 Å². The zero-order valence-corrected chi connectivity index (χ0v) is 13.3. The number of hydrogen-bond donors (Lipinski definition) is 1. The predicted molar refractivity (Wildman–Crippen MR) is 82.0 cm³/mol. The summed E-state index contributed by atoms with van der Waals surface area (Å²) in [6, 6.07) is 2.11. The average Bonchev–Trinajstić information content (AvgIpc) is 2.35. The minimum Gasteiger partial charge on any atom is -0.366 e. The van der Waals surface area contributed by atoms with E-state index < -0.39 is 0 Å². The van der Waals surface area contributed by atoms with E-state index in [4.69, 9.17) is 11.6 Å². The summed E-state index contributed by atoms with van der Waals surface area (Å²) >= 11 is 6.04. The molecule has 1 rings (SSSR count). The Hall–Kier alpha value is -0.870. The molecule has 1 unspecified atom stereocenters. The van der Waals surface area contributed by atoms with Crippen LogP contribution in [0.5, 0.6) is 0 Å². The van der Waals surface area contributed by atoms with E-state index in [0.29, 0.717) is 11.2 Å². The van der Waals surface area contributed by atoms with Gasteiger partial charge in [-0.15, -0.1) is 0 Å². The Labute approximate surface area is 121 Å². The summed E-state index contributed by atoms with van der Waals surface area (Å²) in [5.41, 5.74) is 0. The first-order chi connectivity index (χ1) is 8.96. The Morgan fingerprint density at radius 1 is 1.21 bits per heavy atom. The number of halogens is 1. The first-order valence-corrected chi connectivity index (χ1v) is 7.37. The third kappa shape index (κ3) is 5.33. The van der Waals surface area contributed by atoms with Gasteiger partial charge in [-0.2, -0.15) is 0 Å². The molecule has 0 saturated heterocycles. The fraction of sp³-hybridized carbons (Fsp3) is 0.714. The van der Waals surface area contributed by atoms with E-state index >= 15 is 0 Å². The van der Waals surface area contributed by atoms with E-state index in [2.05, 4.69) is 54.8 Å². The van der Waals surface area contributed by atoms with E-state index in [0.717, 1.165) is 31.3 Å². The highest BCUT2D eigenvalue weighted by atomic mass is 35.5. The number of anilines is 1. The molecule has 0 spiro atoms. The molecule has 5 heteroatoms. The van der Waals surface area contributed by atoms with Crippen molar-refractivity contribution in [3.05, 3.63) is 17.0 Å². The van der Waals surface area contributed by atoms with Gasteiger partial charge < -0.3 is 10.2 Å².